The number of anilines is 2. The molecule has 1 aliphatic rings. The van der Waals surface area contributed by atoms with E-state index in [0.29, 0.717) is 36.6 Å². The van der Waals surface area contributed by atoms with E-state index in [1.807, 2.05) is 4.72 Å². The van der Waals surface area contributed by atoms with Crippen LogP contribution in [0, 0.1) is 5.82 Å². The fourth-order valence-corrected chi connectivity index (χ4v) is 6.24. The zero-order chi connectivity index (χ0) is 30.0. The predicted molar refractivity (Wildman–Crippen MR) is 156 cm³/mol. The zero-order valence-corrected chi connectivity index (χ0v) is 24.6. The minimum Gasteiger partial charge on any atom is -0.338 e. The molecular formula is C27H26Cl2FN7O4S. The molecule has 0 unspecified atom stereocenters. The van der Waals surface area contributed by atoms with Crippen molar-refractivity contribution in [3.8, 4) is 0 Å². The number of carbonyl (C=O) groups is 2. The van der Waals surface area contributed by atoms with Gasteiger partial charge in [0.05, 0.1) is 16.9 Å². The molecule has 2 aromatic heterocycles. The van der Waals surface area contributed by atoms with Gasteiger partial charge in [-0.15, -0.1) is 0 Å². The molecule has 1 fully saturated rings. The van der Waals surface area contributed by atoms with Crippen LogP contribution in [0.2, 0.25) is 10.0 Å². The number of piperidine rings is 1. The molecule has 42 heavy (non-hydrogen) atoms. The second-order valence-corrected chi connectivity index (χ2v) is 12.1. The third-order valence-corrected chi connectivity index (χ3v) is 8.76. The van der Waals surface area contributed by atoms with Crippen LogP contribution in [0.1, 0.15) is 41.6 Å². The maximum absolute atomic E-state index is 13.8. The van der Waals surface area contributed by atoms with Crippen molar-refractivity contribution in [3.63, 3.8) is 0 Å². The molecule has 0 radical (unpaired) electrons. The molecule has 5 rings (SSSR count). The SMILES string of the molecule is CCNC(=O)NS(=O)(=O)c1cnn2c(Nc3ccc(Cl)cc3Cl)c(C(=O)N3CCC(c4ccc(F)cc4)CC3)cnc12. The smallest absolute Gasteiger partial charge is 0.328 e. The molecule has 1 saturated heterocycles. The third kappa shape index (κ3) is 6.13. The van der Waals surface area contributed by atoms with Crippen LogP contribution < -0.4 is 15.4 Å². The average molecular weight is 635 g/mol. The Kier molecular flexibility index (Phi) is 8.53. The number of hydrogen-bond acceptors (Lipinski definition) is 7. The Morgan fingerprint density at radius 2 is 1.79 bits per heavy atom. The van der Waals surface area contributed by atoms with Crippen molar-refractivity contribution in [2.75, 3.05) is 25.0 Å². The largest absolute Gasteiger partial charge is 0.338 e. The van der Waals surface area contributed by atoms with E-state index in [1.165, 1.54) is 28.9 Å². The van der Waals surface area contributed by atoms with Gasteiger partial charge in [0.25, 0.3) is 15.9 Å². The van der Waals surface area contributed by atoms with E-state index >= 15 is 0 Å². The second-order valence-electron chi connectivity index (χ2n) is 9.60. The Morgan fingerprint density at radius 1 is 1.07 bits per heavy atom. The van der Waals surface area contributed by atoms with E-state index < -0.39 is 16.1 Å². The van der Waals surface area contributed by atoms with Crippen LogP contribution >= 0.6 is 23.2 Å². The average Bonchev–Trinajstić information content (AvgIpc) is 3.40. The van der Waals surface area contributed by atoms with Gasteiger partial charge >= 0.3 is 6.03 Å². The molecule has 11 nitrogen and oxygen atoms in total. The minimum absolute atomic E-state index is 0.119. The first kappa shape index (κ1) is 29.5. The number of rotatable bonds is 7. The summed E-state index contributed by atoms with van der Waals surface area (Å²) in [5.41, 5.74) is 1.40. The molecule has 3 amide bonds. The Morgan fingerprint density at radius 3 is 2.45 bits per heavy atom. The summed E-state index contributed by atoms with van der Waals surface area (Å²) < 4.78 is 42.4. The molecule has 15 heteroatoms. The highest BCUT2D eigenvalue weighted by atomic mass is 35.5. The summed E-state index contributed by atoms with van der Waals surface area (Å²) in [5, 5.41) is 10.3. The molecule has 3 N–H and O–H groups in total. The van der Waals surface area contributed by atoms with Crippen LogP contribution in [0.5, 0.6) is 0 Å². The van der Waals surface area contributed by atoms with Crippen molar-refractivity contribution in [2.45, 2.75) is 30.6 Å². The predicted octanol–water partition coefficient (Wildman–Crippen LogP) is 4.95. The van der Waals surface area contributed by atoms with Gasteiger partial charge in [-0.1, -0.05) is 35.3 Å². The van der Waals surface area contributed by atoms with E-state index in [1.54, 1.807) is 36.1 Å². The van der Waals surface area contributed by atoms with E-state index in [0.717, 1.165) is 11.8 Å². The molecule has 3 heterocycles. The number of benzene rings is 2. The highest BCUT2D eigenvalue weighted by Gasteiger charge is 2.30. The summed E-state index contributed by atoms with van der Waals surface area (Å²) in [6, 6.07) is 10.2. The maximum Gasteiger partial charge on any atom is 0.328 e. The van der Waals surface area contributed by atoms with Gasteiger partial charge in [0, 0.05) is 30.9 Å². The van der Waals surface area contributed by atoms with Gasteiger partial charge in [-0.05, 0) is 61.6 Å². The first-order valence-corrected chi connectivity index (χ1v) is 15.3. The number of carbonyl (C=O) groups excluding carboxylic acids is 2. The number of nitrogens with one attached hydrogen (secondary N) is 3. The maximum atomic E-state index is 13.8. The lowest BCUT2D eigenvalue weighted by atomic mass is 9.89. The molecule has 0 aliphatic carbocycles. The van der Waals surface area contributed by atoms with Crippen molar-refractivity contribution in [2.24, 2.45) is 0 Å². The number of hydrogen-bond donors (Lipinski definition) is 3. The molecule has 220 valence electrons. The number of nitrogens with zero attached hydrogens (tertiary/aromatic N) is 4. The van der Waals surface area contributed by atoms with Crippen molar-refractivity contribution in [3.05, 3.63) is 81.8 Å². The Labute approximate surface area is 251 Å². The quantitative estimate of drug-likeness (QED) is 0.262. The summed E-state index contributed by atoms with van der Waals surface area (Å²) in [5.74, 6) is -0.356. The van der Waals surface area contributed by atoms with E-state index in [4.69, 9.17) is 23.2 Å². The number of halogens is 3. The van der Waals surface area contributed by atoms with E-state index in [2.05, 4.69) is 20.7 Å². The minimum atomic E-state index is -4.36. The monoisotopic (exact) mass is 633 g/mol. The molecule has 0 saturated carbocycles. The molecule has 4 aromatic rings. The summed E-state index contributed by atoms with van der Waals surface area (Å²) in [6.45, 7) is 2.74. The number of sulfonamides is 1. The molecular weight excluding hydrogens is 608 g/mol. The topological polar surface area (TPSA) is 138 Å². The Bertz CT molecular complexity index is 1760. The van der Waals surface area contributed by atoms with Gasteiger partial charge in [-0.3, -0.25) is 4.79 Å². The summed E-state index contributed by atoms with van der Waals surface area (Å²) >= 11 is 12.5. The number of urea groups is 1. The van der Waals surface area contributed by atoms with Crippen molar-refractivity contribution >= 4 is 62.3 Å². The zero-order valence-electron chi connectivity index (χ0n) is 22.3. The second kappa shape index (κ2) is 12.1. The van der Waals surface area contributed by atoms with Gasteiger partial charge in [0.15, 0.2) is 10.5 Å². The third-order valence-electron chi connectivity index (χ3n) is 6.89. The molecule has 2 aromatic carbocycles. The summed E-state index contributed by atoms with van der Waals surface area (Å²) in [6.07, 6.45) is 3.66. The van der Waals surface area contributed by atoms with Crippen LogP contribution in [0.4, 0.5) is 20.7 Å². The van der Waals surface area contributed by atoms with Gasteiger partial charge in [0.2, 0.25) is 0 Å². The van der Waals surface area contributed by atoms with Crippen LogP contribution in [-0.4, -0.2) is 59.5 Å². The van der Waals surface area contributed by atoms with Crippen LogP contribution in [0.15, 0.2) is 59.8 Å². The van der Waals surface area contributed by atoms with Crippen molar-refractivity contribution in [1.82, 2.24) is 29.5 Å². The lowest BCUT2D eigenvalue weighted by Crippen LogP contribution is -2.39. The normalized spacial score (nSPS) is 14.1. The Balaban J connectivity index is 1.49. The lowest BCUT2D eigenvalue weighted by Gasteiger charge is -2.32. The molecule has 1 aliphatic heterocycles. The number of aromatic nitrogens is 3. The van der Waals surface area contributed by atoms with Crippen LogP contribution in [0.25, 0.3) is 5.65 Å². The highest BCUT2D eigenvalue weighted by molar-refractivity contribution is 7.90. The molecule has 0 atom stereocenters. The van der Waals surface area contributed by atoms with Crippen molar-refractivity contribution in [1.29, 1.82) is 0 Å². The summed E-state index contributed by atoms with van der Waals surface area (Å²) in [4.78, 5) is 31.3. The number of fused-ring (bicyclic) bond motifs is 1. The first-order chi connectivity index (χ1) is 20.1. The first-order valence-electron chi connectivity index (χ1n) is 13.0. The van der Waals surface area contributed by atoms with E-state index in [9.17, 15) is 22.4 Å². The van der Waals surface area contributed by atoms with Crippen LogP contribution in [0.3, 0.4) is 0 Å². The number of amides is 3. The van der Waals surface area contributed by atoms with Crippen molar-refractivity contribution < 1.29 is 22.4 Å². The summed E-state index contributed by atoms with van der Waals surface area (Å²) in [7, 11) is -4.36. The van der Waals surface area contributed by atoms with Gasteiger partial charge < -0.3 is 15.5 Å². The fraction of sp³-hybridized carbons (Fsp3) is 0.259. The van der Waals surface area contributed by atoms with Gasteiger partial charge in [-0.25, -0.2) is 27.3 Å². The number of likely N-dealkylation sites (tertiary alicyclic amines) is 1. The van der Waals surface area contributed by atoms with Gasteiger partial charge in [0.1, 0.15) is 17.2 Å². The Hall–Kier alpha value is -3.94. The van der Waals surface area contributed by atoms with Gasteiger partial charge in [-0.2, -0.15) is 9.61 Å². The molecule has 0 spiro atoms. The van der Waals surface area contributed by atoms with E-state index in [-0.39, 0.29) is 51.1 Å². The highest BCUT2D eigenvalue weighted by Crippen LogP contribution is 2.33. The standard InChI is InChI=1S/C27H26Cl2FN7O4S/c1-2-31-27(39)35-42(40,41)23-15-33-37-24(34-22-8-5-18(28)13-21(22)29)20(14-32-25(23)37)26(38)36-11-9-17(10-12-36)16-3-6-19(30)7-4-16/h3-8,13-15,17,34H,2,9-12H2,1H3,(H2,31,35,39). The molecule has 0 bridgehead atoms. The lowest BCUT2D eigenvalue weighted by molar-refractivity contribution is 0.0713. The fourth-order valence-electron chi connectivity index (χ4n) is 4.79. The van der Waals surface area contributed by atoms with Crippen LogP contribution in [-0.2, 0) is 10.0 Å².